The van der Waals surface area contributed by atoms with Crippen molar-refractivity contribution in [1.29, 1.82) is 0 Å². The number of rotatable bonds is 6. The molecule has 1 aromatic heterocycles. The third-order valence-electron chi connectivity index (χ3n) is 3.30. The number of hydrogen-bond donors (Lipinski definition) is 0. The molecule has 26 heavy (non-hydrogen) atoms. The Morgan fingerprint density at radius 3 is 2.38 bits per heavy atom. The van der Waals surface area contributed by atoms with Gasteiger partial charge in [0.15, 0.2) is 9.84 Å². The van der Waals surface area contributed by atoms with Crippen LogP contribution < -0.4 is 0 Å². The molecule has 142 valence electrons. The minimum Gasteiger partial charge on any atom is -0.454 e. The summed E-state index contributed by atoms with van der Waals surface area (Å²) in [5.41, 5.74) is -0.123. The van der Waals surface area contributed by atoms with Gasteiger partial charge in [-0.25, -0.2) is 25.9 Å². The van der Waals surface area contributed by atoms with Crippen molar-refractivity contribution in [2.75, 3.05) is 20.4 Å². The van der Waals surface area contributed by atoms with Crippen LogP contribution in [0.25, 0.3) is 0 Å². The van der Waals surface area contributed by atoms with Crippen molar-refractivity contribution in [1.82, 2.24) is 4.31 Å². The molecule has 0 aliphatic rings. The van der Waals surface area contributed by atoms with Crippen LogP contribution in [0.15, 0.2) is 44.7 Å². The number of furan rings is 1. The Morgan fingerprint density at radius 1 is 1.15 bits per heavy atom. The number of esters is 1. The van der Waals surface area contributed by atoms with Gasteiger partial charge in [0.1, 0.15) is 12.4 Å². The summed E-state index contributed by atoms with van der Waals surface area (Å²) in [7, 11) is -4.55. The van der Waals surface area contributed by atoms with E-state index in [0.717, 1.165) is 16.6 Å². The summed E-state index contributed by atoms with van der Waals surface area (Å²) in [6.45, 7) is -0.346. The molecule has 0 amide bonds. The minimum atomic E-state index is -3.74. The second kappa shape index (κ2) is 7.39. The first kappa shape index (κ1) is 20.4. The van der Waals surface area contributed by atoms with Crippen LogP contribution in [0.2, 0.25) is 5.02 Å². The monoisotopic (exact) mass is 421 g/mol. The molecule has 11 heteroatoms. The lowest BCUT2D eigenvalue weighted by molar-refractivity contribution is 0.0440. The highest BCUT2D eigenvalue weighted by Gasteiger charge is 2.22. The summed E-state index contributed by atoms with van der Waals surface area (Å²) in [6.07, 6.45) is 1.00. The fourth-order valence-electron chi connectivity index (χ4n) is 1.86. The Hall–Kier alpha value is -1.88. The zero-order valence-electron chi connectivity index (χ0n) is 14.1. The van der Waals surface area contributed by atoms with Gasteiger partial charge in [-0.05, 0) is 30.3 Å². The third kappa shape index (κ3) is 4.44. The number of sulfonamides is 1. The van der Waals surface area contributed by atoms with Gasteiger partial charge < -0.3 is 9.15 Å². The molecule has 8 nitrogen and oxygen atoms in total. The predicted molar refractivity (Wildman–Crippen MR) is 93.3 cm³/mol. The molecule has 1 heterocycles. The highest BCUT2D eigenvalue weighted by Crippen LogP contribution is 2.22. The van der Waals surface area contributed by atoms with Crippen LogP contribution in [-0.4, -0.2) is 47.5 Å². The number of carbonyl (C=O) groups excluding carboxylic acids is 1. The van der Waals surface area contributed by atoms with E-state index in [2.05, 4.69) is 0 Å². The molecule has 1 aromatic carbocycles. The fourth-order valence-corrected chi connectivity index (χ4v) is 3.51. The summed E-state index contributed by atoms with van der Waals surface area (Å²) in [6, 6.07) is 6.28. The van der Waals surface area contributed by atoms with Gasteiger partial charge in [-0.15, -0.1) is 0 Å². The van der Waals surface area contributed by atoms with Crippen molar-refractivity contribution in [2.45, 2.75) is 16.6 Å². The Kier molecular flexibility index (Phi) is 5.81. The highest BCUT2D eigenvalue weighted by atomic mass is 35.5. The van der Waals surface area contributed by atoms with E-state index in [1.54, 1.807) is 0 Å². The quantitative estimate of drug-likeness (QED) is 0.655. The molecule has 0 bridgehead atoms. The average Bonchev–Trinajstić information content (AvgIpc) is 3.01. The lowest BCUT2D eigenvalue weighted by atomic mass is 10.2. The van der Waals surface area contributed by atoms with E-state index in [1.807, 2.05) is 0 Å². The molecule has 0 saturated carbocycles. The summed E-state index contributed by atoms with van der Waals surface area (Å²) in [4.78, 5) is 12.1. The Morgan fingerprint density at radius 2 is 1.81 bits per heavy atom. The Labute approximate surface area is 156 Å². The molecule has 0 aliphatic carbocycles. The largest absolute Gasteiger partial charge is 0.454 e. The molecule has 0 unspecified atom stereocenters. The van der Waals surface area contributed by atoms with Crippen LogP contribution in [0.4, 0.5) is 0 Å². The molecule has 0 atom stereocenters. The smallest absolute Gasteiger partial charge is 0.340 e. The Bertz CT molecular complexity index is 1040. The van der Waals surface area contributed by atoms with Gasteiger partial charge in [0.05, 0.1) is 15.5 Å². The van der Waals surface area contributed by atoms with E-state index in [-0.39, 0.29) is 32.9 Å². The summed E-state index contributed by atoms with van der Waals surface area (Å²) >= 11 is 5.92. The third-order valence-corrected chi connectivity index (χ3v) is 6.43. The molecular weight excluding hydrogens is 406 g/mol. The number of hydrogen-bond acceptors (Lipinski definition) is 7. The van der Waals surface area contributed by atoms with E-state index in [0.29, 0.717) is 0 Å². The zero-order valence-corrected chi connectivity index (χ0v) is 16.5. The van der Waals surface area contributed by atoms with E-state index in [9.17, 15) is 21.6 Å². The van der Waals surface area contributed by atoms with Crippen LogP contribution in [0, 0.1) is 0 Å². The van der Waals surface area contributed by atoms with Crippen molar-refractivity contribution < 1.29 is 30.8 Å². The summed E-state index contributed by atoms with van der Waals surface area (Å²) in [5.74, 6) is -0.761. The van der Waals surface area contributed by atoms with Crippen LogP contribution in [0.1, 0.15) is 16.1 Å². The number of sulfone groups is 1. The van der Waals surface area contributed by atoms with Crippen molar-refractivity contribution in [3.05, 3.63) is 46.7 Å². The molecule has 0 saturated heterocycles. The first-order chi connectivity index (χ1) is 11.9. The molecule has 0 N–H and O–H groups in total. The van der Waals surface area contributed by atoms with Crippen LogP contribution in [0.5, 0.6) is 0 Å². The van der Waals surface area contributed by atoms with E-state index in [1.165, 1.54) is 38.4 Å². The molecule has 0 aliphatic heterocycles. The van der Waals surface area contributed by atoms with Crippen molar-refractivity contribution in [2.24, 2.45) is 0 Å². The number of benzene rings is 1. The van der Waals surface area contributed by atoms with Crippen LogP contribution in [-0.2, 0) is 31.2 Å². The van der Waals surface area contributed by atoms with Gasteiger partial charge >= 0.3 is 5.97 Å². The molecule has 0 fully saturated rings. The average molecular weight is 422 g/mol. The predicted octanol–water partition coefficient (Wildman–Crippen LogP) is 1.94. The van der Waals surface area contributed by atoms with Crippen molar-refractivity contribution >= 4 is 37.4 Å². The number of ether oxygens (including phenoxy) is 1. The van der Waals surface area contributed by atoms with E-state index >= 15 is 0 Å². The summed E-state index contributed by atoms with van der Waals surface area (Å²) in [5, 5.41) is -0.261. The highest BCUT2D eigenvalue weighted by molar-refractivity contribution is 7.90. The minimum absolute atomic E-state index is 0.0257. The number of nitrogens with zero attached hydrogens (tertiary/aromatic N) is 1. The maximum absolute atomic E-state index is 12.2. The van der Waals surface area contributed by atoms with Gasteiger partial charge in [0.2, 0.25) is 5.09 Å². The topological polar surface area (TPSA) is 111 Å². The standard InChI is InChI=1S/C15H16ClNO7S2/c1-17(2)26(21,22)14-7-4-10(24-14)9-23-15(18)12-8-11(25(3,19)20)5-6-13(12)16/h4-8H,9H2,1-3H3. The van der Waals surface area contributed by atoms with Gasteiger partial charge in [0, 0.05) is 20.4 Å². The molecule has 2 rings (SSSR count). The van der Waals surface area contributed by atoms with Crippen LogP contribution in [0.3, 0.4) is 0 Å². The van der Waals surface area contributed by atoms with Crippen molar-refractivity contribution in [3.63, 3.8) is 0 Å². The van der Waals surface area contributed by atoms with Gasteiger partial charge in [-0.3, -0.25) is 0 Å². The van der Waals surface area contributed by atoms with Crippen molar-refractivity contribution in [3.8, 4) is 0 Å². The van der Waals surface area contributed by atoms with Gasteiger partial charge in [-0.2, -0.15) is 0 Å². The second-order valence-electron chi connectivity index (χ2n) is 5.50. The lowest BCUT2D eigenvalue weighted by Gasteiger charge is -2.08. The normalized spacial score (nSPS) is 12.3. The van der Waals surface area contributed by atoms with Gasteiger partial charge in [0.25, 0.3) is 10.0 Å². The summed E-state index contributed by atoms with van der Waals surface area (Å²) < 4.78 is 58.2. The van der Waals surface area contributed by atoms with E-state index in [4.69, 9.17) is 20.8 Å². The molecule has 0 radical (unpaired) electrons. The first-order valence-corrected chi connectivity index (χ1v) is 10.8. The SMILES string of the molecule is CN(C)S(=O)(=O)c1ccc(COC(=O)c2cc(S(C)(=O)=O)ccc2Cl)o1. The first-order valence-electron chi connectivity index (χ1n) is 7.11. The number of carbonyl (C=O) groups is 1. The fraction of sp³-hybridized carbons (Fsp3) is 0.267. The molecule has 2 aromatic rings. The Balaban J connectivity index is 2.17. The van der Waals surface area contributed by atoms with E-state index < -0.39 is 25.8 Å². The van der Waals surface area contributed by atoms with Crippen LogP contribution >= 0.6 is 11.6 Å². The zero-order chi connectivity index (χ0) is 19.7. The second-order valence-corrected chi connectivity index (χ2v) is 10.0. The molecule has 0 spiro atoms. The maximum atomic E-state index is 12.2. The maximum Gasteiger partial charge on any atom is 0.340 e. The van der Waals surface area contributed by atoms with Gasteiger partial charge in [-0.1, -0.05) is 11.6 Å². The molecular formula is C15H16ClNO7S2. The number of halogens is 1. The lowest BCUT2D eigenvalue weighted by Crippen LogP contribution is -2.21.